The monoisotopic (exact) mass is 548 g/mol. The predicted molar refractivity (Wildman–Crippen MR) is 140 cm³/mol. The molecule has 0 bridgehead atoms. The summed E-state index contributed by atoms with van der Waals surface area (Å²) in [5.41, 5.74) is 2.25. The van der Waals surface area contributed by atoms with E-state index in [9.17, 15) is 0 Å². The summed E-state index contributed by atoms with van der Waals surface area (Å²) in [4.78, 5) is 13.5. The lowest BCUT2D eigenvalue weighted by molar-refractivity contribution is 0.0931. The van der Waals surface area contributed by atoms with Crippen molar-refractivity contribution < 1.29 is 4.74 Å². The molecule has 0 spiro atoms. The molecule has 1 aromatic carbocycles. The fraction of sp³-hybridized carbons (Fsp3) is 0.375. The van der Waals surface area contributed by atoms with Gasteiger partial charge in [-0.3, -0.25) is 4.57 Å². The molecule has 0 saturated carbocycles. The van der Waals surface area contributed by atoms with Crippen LogP contribution in [0.1, 0.15) is 30.8 Å². The van der Waals surface area contributed by atoms with Crippen LogP contribution in [0.3, 0.4) is 0 Å². The zero-order chi connectivity index (χ0) is 21.9. The number of nitrogens with zero attached hydrogens (tertiary/aromatic N) is 4. The van der Waals surface area contributed by atoms with Crippen LogP contribution in [0.25, 0.3) is 5.82 Å². The van der Waals surface area contributed by atoms with Crippen molar-refractivity contribution in [1.29, 1.82) is 0 Å². The van der Waals surface area contributed by atoms with Gasteiger partial charge >= 0.3 is 0 Å². The number of aliphatic imine (C=N–C) groups is 1. The highest BCUT2D eigenvalue weighted by molar-refractivity contribution is 14.0. The highest BCUT2D eigenvalue weighted by atomic mass is 127. The number of hydrogen-bond acceptors (Lipinski definition) is 4. The Morgan fingerprint density at radius 1 is 1.09 bits per heavy atom. The summed E-state index contributed by atoms with van der Waals surface area (Å²) in [5.74, 6) is 2.94. The Labute approximate surface area is 207 Å². The molecule has 1 atom stereocenters. The molecular formula is C24H33IN6O. The molecule has 8 heteroatoms. The summed E-state index contributed by atoms with van der Waals surface area (Å²) in [7, 11) is 0. The number of pyridine rings is 1. The molecule has 0 fully saturated rings. The van der Waals surface area contributed by atoms with Crippen molar-refractivity contribution in [3.05, 3.63) is 78.0 Å². The third-order valence-corrected chi connectivity index (χ3v) is 4.78. The summed E-state index contributed by atoms with van der Waals surface area (Å²) in [5, 5.41) is 6.70. The van der Waals surface area contributed by atoms with Gasteiger partial charge in [0, 0.05) is 31.7 Å². The van der Waals surface area contributed by atoms with Gasteiger partial charge in [-0.1, -0.05) is 43.3 Å². The normalized spacial score (nSPS) is 12.2. The molecule has 0 radical (unpaired) electrons. The van der Waals surface area contributed by atoms with Gasteiger partial charge in [0.05, 0.1) is 19.8 Å². The molecule has 2 aromatic heterocycles. The molecule has 7 nitrogen and oxygen atoms in total. The average molecular weight is 548 g/mol. The van der Waals surface area contributed by atoms with E-state index in [1.54, 1.807) is 6.20 Å². The lowest BCUT2D eigenvalue weighted by atomic mass is 10.2. The molecule has 3 rings (SSSR count). The molecule has 172 valence electrons. The second-order valence-corrected chi connectivity index (χ2v) is 7.55. The number of rotatable bonds is 10. The molecule has 0 aliphatic rings. The van der Waals surface area contributed by atoms with E-state index in [1.807, 2.05) is 48.1 Å². The van der Waals surface area contributed by atoms with Crippen LogP contribution in [-0.2, 0) is 17.9 Å². The van der Waals surface area contributed by atoms with E-state index in [0.717, 1.165) is 36.3 Å². The van der Waals surface area contributed by atoms with Crippen molar-refractivity contribution in [3.8, 4) is 5.82 Å². The number of guanidine groups is 1. The maximum Gasteiger partial charge on any atom is 0.191 e. The van der Waals surface area contributed by atoms with Gasteiger partial charge in [0.25, 0.3) is 0 Å². The Kier molecular flexibility index (Phi) is 11.2. The number of aryl methyl sites for hydroxylation is 1. The number of halogens is 1. The summed E-state index contributed by atoms with van der Waals surface area (Å²) < 4.78 is 7.80. The Morgan fingerprint density at radius 2 is 1.91 bits per heavy atom. The van der Waals surface area contributed by atoms with Gasteiger partial charge in [-0.25, -0.2) is 15.0 Å². The van der Waals surface area contributed by atoms with E-state index < -0.39 is 0 Å². The van der Waals surface area contributed by atoms with Gasteiger partial charge in [0.2, 0.25) is 0 Å². The highest BCUT2D eigenvalue weighted by Gasteiger charge is 2.06. The smallest absolute Gasteiger partial charge is 0.191 e. The topological polar surface area (TPSA) is 76.4 Å². The Hall–Kier alpha value is -2.46. The molecule has 0 aliphatic heterocycles. The quantitative estimate of drug-likeness (QED) is 0.227. The van der Waals surface area contributed by atoms with Gasteiger partial charge in [0.15, 0.2) is 5.96 Å². The number of nitrogens with one attached hydrogen (secondary N) is 2. The minimum Gasteiger partial charge on any atom is -0.376 e. The van der Waals surface area contributed by atoms with Crippen molar-refractivity contribution in [2.24, 2.45) is 10.9 Å². The number of aromatic nitrogens is 3. The molecule has 0 amide bonds. The molecule has 3 aromatic rings. The summed E-state index contributed by atoms with van der Waals surface area (Å²) in [6, 6.07) is 14.3. The van der Waals surface area contributed by atoms with E-state index in [-0.39, 0.29) is 24.0 Å². The van der Waals surface area contributed by atoms with Crippen molar-refractivity contribution >= 4 is 29.9 Å². The van der Waals surface area contributed by atoms with Gasteiger partial charge in [-0.2, -0.15) is 0 Å². The van der Waals surface area contributed by atoms with Gasteiger partial charge in [0.1, 0.15) is 11.6 Å². The van der Waals surface area contributed by atoms with Crippen molar-refractivity contribution in [1.82, 2.24) is 25.2 Å². The minimum absolute atomic E-state index is 0. The van der Waals surface area contributed by atoms with E-state index >= 15 is 0 Å². The summed E-state index contributed by atoms with van der Waals surface area (Å²) in [6.45, 7) is 9.68. The fourth-order valence-electron chi connectivity index (χ4n) is 3.07. The van der Waals surface area contributed by atoms with E-state index in [4.69, 9.17) is 4.74 Å². The van der Waals surface area contributed by atoms with Crippen LogP contribution in [0.5, 0.6) is 0 Å². The van der Waals surface area contributed by atoms with Crippen LogP contribution >= 0.6 is 24.0 Å². The largest absolute Gasteiger partial charge is 0.376 e. The van der Waals surface area contributed by atoms with Gasteiger partial charge < -0.3 is 15.4 Å². The molecule has 0 aliphatic carbocycles. The number of hydrogen-bond donors (Lipinski definition) is 2. The first kappa shape index (κ1) is 25.8. The first-order valence-corrected chi connectivity index (χ1v) is 10.7. The first-order valence-electron chi connectivity index (χ1n) is 10.7. The molecule has 1 unspecified atom stereocenters. The standard InChI is InChI=1S/C24H32N6O.HI/c1-4-25-24(28-14-19(2)17-31-18-21-8-6-5-7-9-21)29-16-22-10-11-23(27-15-22)30-13-12-26-20(30)3;/h5-13,15,19H,4,14,16-18H2,1-3H3,(H2,25,28,29);1H. The van der Waals surface area contributed by atoms with E-state index in [1.165, 1.54) is 5.56 Å². The van der Waals surface area contributed by atoms with Crippen molar-refractivity contribution in [2.75, 3.05) is 19.7 Å². The summed E-state index contributed by atoms with van der Waals surface area (Å²) in [6.07, 6.45) is 5.55. The third-order valence-electron chi connectivity index (χ3n) is 4.78. The van der Waals surface area contributed by atoms with Crippen LogP contribution in [0.15, 0.2) is 66.0 Å². The minimum atomic E-state index is 0. The molecule has 32 heavy (non-hydrogen) atoms. The fourth-order valence-corrected chi connectivity index (χ4v) is 3.07. The molecule has 0 saturated heterocycles. The first-order chi connectivity index (χ1) is 15.2. The SMILES string of the molecule is CCNC(=NCc1ccc(-n2ccnc2C)nc1)NCC(C)COCc1ccccc1.I. The Balaban J connectivity index is 0.00000363. The number of benzene rings is 1. The average Bonchev–Trinajstić information content (AvgIpc) is 3.22. The second-order valence-electron chi connectivity index (χ2n) is 7.55. The van der Waals surface area contributed by atoms with Gasteiger partial charge in [-0.15, -0.1) is 24.0 Å². The zero-order valence-electron chi connectivity index (χ0n) is 19.0. The lowest BCUT2D eigenvalue weighted by Gasteiger charge is -2.16. The number of imidazole rings is 1. The van der Waals surface area contributed by atoms with E-state index in [2.05, 4.69) is 57.6 Å². The maximum absolute atomic E-state index is 5.84. The van der Waals surface area contributed by atoms with Crippen LogP contribution < -0.4 is 10.6 Å². The molecule has 2 heterocycles. The second kappa shape index (κ2) is 13.8. The molecular weight excluding hydrogens is 515 g/mol. The highest BCUT2D eigenvalue weighted by Crippen LogP contribution is 2.09. The Bertz CT molecular complexity index is 943. The van der Waals surface area contributed by atoms with Crippen LogP contribution in [0.2, 0.25) is 0 Å². The number of ether oxygens (including phenoxy) is 1. The van der Waals surface area contributed by atoms with Crippen molar-refractivity contribution in [2.45, 2.75) is 33.9 Å². The third kappa shape index (κ3) is 8.23. The van der Waals surface area contributed by atoms with Crippen molar-refractivity contribution in [3.63, 3.8) is 0 Å². The molecule has 2 N–H and O–H groups in total. The summed E-state index contributed by atoms with van der Waals surface area (Å²) >= 11 is 0. The van der Waals surface area contributed by atoms with E-state index in [0.29, 0.717) is 25.7 Å². The Morgan fingerprint density at radius 3 is 2.56 bits per heavy atom. The predicted octanol–water partition coefficient (Wildman–Crippen LogP) is 4.10. The maximum atomic E-state index is 5.84. The van der Waals surface area contributed by atoms with Gasteiger partial charge in [-0.05, 0) is 37.0 Å². The lowest BCUT2D eigenvalue weighted by Crippen LogP contribution is -2.40. The zero-order valence-corrected chi connectivity index (χ0v) is 21.3. The van der Waals surface area contributed by atoms with Crippen LogP contribution in [-0.4, -0.2) is 40.2 Å². The van der Waals surface area contributed by atoms with Crippen LogP contribution in [0, 0.1) is 12.8 Å². The van der Waals surface area contributed by atoms with Crippen LogP contribution in [0.4, 0.5) is 0 Å².